The zero-order valence-corrected chi connectivity index (χ0v) is 9.73. The highest BCUT2D eigenvalue weighted by Gasteiger charge is 2.24. The molecule has 3 nitrogen and oxygen atoms in total. The predicted molar refractivity (Wildman–Crippen MR) is 57.3 cm³/mol. The maximum absolute atomic E-state index is 9.77. The second-order valence-electron chi connectivity index (χ2n) is 4.79. The first-order valence-electron chi connectivity index (χ1n) is 5.55. The van der Waals surface area contributed by atoms with E-state index in [1.54, 1.807) is 0 Å². The lowest BCUT2D eigenvalue weighted by Gasteiger charge is -2.36. The van der Waals surface area contributed by atoms with Crippen molar-refractivity contribution in [3.63, 3.8) is 0 Å². The van der Waals surface area contributed by atoms with Gasteiger partial charge in [-0.3, -0.25) is 4.90 Å². The molecule has 1 saturated heterocycles. The summed E-state index contributed by atoms with van der Waals surface area (Å²) in [5.41, 5.74) is 0. The Morgan fingerprint density at radius 2 is 1.79 bits per heavy atom. The average Bonchev–Trinajstić information content (AvgIpc) is 2.01. The molecule has 0 saturated carbocycles. The minimum absolute atomic E-state index is 0.215. The highest BCUT2D eigenvalue weighted by Crippen LogP contribution is 2.12. The number of hydrogen-bond donors (Lipinski definition) is 1. The number of hydrogen-bond acceptors (Lipinski definition) is 3. The smallest absolute Gasteiger partial charge is 0.0690 e. The first-order valence-corrected chi connectivity index (χ1v) is 5.55. The maximum atomic E-state index is 9.77. The van der Waals surface area contributed by atoms with E-state index in [-0.39, 0.29) is 18.3 Å². The van der Waals surface area contributed by atoms with E-state index in [0.717, 1.165) is 19.6 Å². The third-order valence-electron chi connectivity index (χ3n) is 2.71. The van der Waals surface area contributed by atoms with Crippen molar-refractivity contribution < 1.29 is 9.84 Å². The fourth-order valence-electron chi connectivity index (χ4n) is 1.91. The van der Waals surface area contributed by atoms with E-state index in [9.17, 15) is 5.11 Å². The van der Waals surface area contributed by atoms with Gasteiger partial charge in [-0.25, -0.2) is 0 Å². The molecule has 1 aliphatic rings. The van der Waals surface area contributed by atoms with Gasteiger partial charge in [-0.05, 0) is 19.8 Å². The molecular formula is C11H23NO2. The second-order valence-corrected chi connectivity index (χ2v) is 4.79. The Morgan fingerprint density at radius 1 is 1.29 bits per heavy atom. The molecule has 0 bridgehead atoms. The summed E-state index contributed by atoms with van der Waals surface area (Å²) in [6.45, 7) is 10.9. The number of rotatable bonds is 3. The quantitative estimate of drug-likeness (QED) is 0.742. The van der Waals surface area contributed by atoms with Crippen LogP contribution in [0.4, 0.5) is 0 Å². The largest absolute Gasteiger partial charge is 0.392 e. The van der Waals surface area contributed by atoms with Gasteiger partial charge in [-0.1, -0.05) is 13.8 Å². The summed E-state index contributed by atoms with van der Waals surface area (Å²) in [6.07, 6.45) is 0.365. The lowest BCUT2D eigenvalue weighted by molar-refractivity contribution is -0.0792. The number of morpholine rings is 1. The molecule has 0 radical (unpaired) electrons. The Kier molecular flexibility index (Phi) is 4.35. The van der Waals surface area contributed by atoms with E-state index in [1.807, 2.05) is 0 Å². The molecule has 1 N–H and O–H groups in total. The van der Waals surface area contributed by atoms with E-state index in [4.69, 9.17) is 4.74 Å². The molecule has 0 aromatic heterocycles. The molecule has 3 unspecified atom stereocenters. The average molecular weight is 201 g/mol. The second kappa shape index (κ2) is 5.10. The van der Waals surface area contributed by atoms with Crippen molar-refractivity contribution in [2.75, 3.05) is 19.6 Å². The molecule has 1 rings (SSSR count). The molecule has 3 atom stereocenters. The molecule has 84 valence electrons. The van der Waals surface area contributed by atoms with Gasteiger partial charge in [0.15, 0.2) is 0 Å². The van der Waals surface area contributed by atoms with Crippen LogP contribution >= 0.6 is 0 Å². The van der Waals surface area contributed by atoms with Crippen molar-refractivity contribution in [1.29, 1.82) is 0 Å². The van der Waals surface area contributed by atoms with Crippen LogP contribution in [0.25, 0.3) is 0 Å². The van der Waals surface area contributed by atoms with Crippen LogP contribution in [0.3, 0.4) is 0 Å². The highest BCUT2D eigenvalue weighted by molar-refractivity contribution is 4.76. The lowest BCUT2D eigenvalue weighted by Crippen LogP contribution is -2.48. The topological polar surface area (TPSA) is 32.7 Å². The van der Waals surface area contributed by atoms with Crippen LogP contribution < -0.4 is 0 Å². The van der Waals surface area contributed by atoms with Crippen LogP contribution in [0, 0.1) is 5.92 Å². The summed E-state index contributed by atoms with van der Waals surface area (Å²) in [5, 5.41) is 9.77. The standard InChI is InChI=1S/C11H23NO2/c1-8(2)11(13)7-12-5-9(3)14-10(4)6-12/h8-11,13H,5-7H2,1-4H3. The predicted octanol–water partition coefficient (Wildman–Crippen LogP) is 1.11. The SMILES string of the molecule is CC1CN(CC(O)C(C)C)CC(C)O1. The summed E-state index contributed by atoms with van der Waals surface area (Å²) in [7, 11) is 0. The van der Waals surface area contributed by atoms with Gasteiger partial charge in [0.05, 0.1) is 18.3 Å². The summed E-state index contributed by atoms with van der Waals surface area (Å²) >= 11 is 0. The van der Waals surface area contributed by atoms with Crippen LogP contribution in [-0.2, 0) is 4.74 Å². The Balaban J connectivity index is 2.36. The van der Waals surface area contributed by atoms with Crippen molar-refractivity contribution in [3.8, 4) is 0 Å². The molecule has 0 spiro atoms. The van der Waals surface area contributed by atoms with Crippen molar-refractivity contribution in [2.24, 2.45) is 5.92 Å². The third kappa shape index (κ3) is 3.56. The fourth-order valence-corrected chi connectivity index (χ4v) is 1.91. The minimum Gasteiger partial charge on any atom is -0.392 e. The number of aliphatic hydroxyl groups excluding tert-OH is 1. The van der Waals surface area contributed by atoms with Crippen LogP contribution in [-0.4, -0.2) is 48.0 Å². The molecule has 14 heavy (non-hydrogen) atoms. The number of aliphatic hydroxyl groups is 1. The van der Waals surface area contributed by atoms with Gasteiger partial charge < -0.3 is 9.84 Å². The van der Waals surface area contributed by atoms with E-state index in [1.165, 1.54) is 0 Å². The monoisotopic (exact) mass is 201 g/mol. The Hall–Kier alpha value is -0.120. The fraction of sp³-hybridized carbons (Fsp3) is 1.00. The molecular weight excluding hydrogens is 178 g/mol. The van der Waals surface area contributed by atoms with Crippen LogP contribution in [0.5, 0.6) is 0 Å². The molecule has 0 aliphatic carbocycles. The minimum atomic E-state index is -0.215. The Morgan fingerprint density at radius 3 is 2.21 bits per heavy atom. The third-order valence-corrected chi connectivity index (χ3v) is 2.71. The van der Waals surface area contributed by atoms with E-state index < -0.39 is 0 Å². The van der Waals surface area contributed by atoms with Gasteiger partial charge in [0.2, 0.25) is 0 Å². The summed E-state index contributed by atoms with van der Waals surface area (Å²) in [5.74, 6) is 0.337. The van der Waals surface area contributed by atoms with Gasteiger partial charge >= 0.3 is 0 Å². The maximum Gasteiger partial charge on any atom is 0.0690 e. The zero-order valence-electron chi connectivity index (χ0n) is 9.73. The lowest BCUT2D eigenvalue weighted by atomic mass is 10.1. The van der Waals surface area contributed by atoms with Gasteiger partial charge in [0, 0.05) is 19.6 Å². The van der Waals surface area contributed by atoms with Gasteiger partial charge in [0.25, 0.3) is 0 Å². The molecule has 0 amide bonds. The molecule has 1 heterocycles. The van der Waals surface area contributed by atoms with Crippen LogP contribution in [0.2, 0.25) is 0 Å². The van der Waals surface area contributed by atoms with E-state index in [0.29, 0.717) is 5.92 Å². The van der Waals surface area contributed by atoms with Crippen LogP contribution in [0.1, 0.15) is 27.7 Å². The van der Waals surface area contributed by atoms with Gasteiger partial charge in [0.1, 0.15) is 0 Å². The molecule has 1 aliphatic heterocycles. The molecule has 0 aromatic carbocycles. The molecule has 3 heteroatoms. The van der Waals surface area contributed by atoms with Crippen molar-refractivity contribution in [3.05, 3.63) is 0 Å². The number of ether oxygens (including phenoxy) is 1. The first kappa shape index (κ1) is 12.0. The van der Waals surface area contributed by atoms with Crippen molar-refractivity contribution >= 4 is 0 Å². The van der Waals surface area contributed by atoms with Crippen LogP contribution in [0.15, 0.2) is 0 Å². The normalized spacial score (nSPS) is 32.1. The summed E-state index contributed by atoms with van der Waals surface area (Å²) in [6, 6.07) is 0. The zero-order chi connectivity index (χ0) is 10.7. The molecule has 1 fully saturated rings. The van der Waals surface area contributed by atoms with Gasteiger partial charge in [-0.2, -0.15) is 0 Å². The summed E-state index contributed by atoms with van der Waals surface area (Å²) < 4.78 is 5.64. The van der Waals surface area contributed by atoms with E-state index >= 15 is 0 Å². The highest BCUT2D eigenvalue weighted by atomic mass is 16.5. The van der Waals surface area contributed by atoms with Crippen molar-refractivity contribution in [1.82, 2.24) is 4.90 Å². The molecule has 0 aromatic rings. The number of nitrogens with zero attached hydrogens (tertiary/aromatic N) is 1. The first-order chi connectivity index (χ1) is 6.49. The van der Waals surface area contributed by atoms with Crippen molar-refractivity contribution in [2.45, 2.75) is 46.0 Å². The van der Waals surface area contributed by atoms with E-state index in [2.05, 4.69) is 32.6 Å². The Labute approximate surface area is 87.1 Å². The summed E-state index contributed by atoms with van der Waals surface area (Å²) in [4.78, 5) is 2.30. The van der Waals surface area contributed by atoms with Gasteiger partial charge in [-0.15, -0.1) is 0 Å². The Bertz CT molecular complexity index is 163. The number of β-amino-alcohol motifs (C(OH)–C–C–N with tert-alkyl or cyclic N) is 1.